The third-order valence-electron chi connectivity index (χ3n) is 2.54. The van der Waals surface area contributed by atoms with E-state index in [0.29, 0.717) is 5.41 Å². The van der Waals surface area contributed by atoms with Crippen molar-refractivity contribution < 1.29 is 0 Å². The molecule has 0 radical (unpaired) electrons. The van der Waals surface area contributed by atoms with Gasteiger partial charge in [-0.3, -0.25) is 0 Å². The van der Waals surface area contributed by atoms with Crippen LogP contribution in [0, 0.1) is 5.41 Å². The second-order valence-electron chi connectivity index (χ2n) is 3.71. The topological polar surface area (TPSA) is 37.8 Å². The number of aromatic nitrogens is 2. The standard InChI is InChI=1S/C9H11BrClN3/c10-7-3-12-6-14-8(7)13-5-9(4-11)1-2-9/h3,6H,1-2,4-5H2,(H,12,13,14). The fourth-order valence-electron chi connectivity index (χ4n) is 1.25. The molecule has 1 N–H and O–H groups in total. The van der Waals surface area contributed by atoms with Crippen LogP contribution in [0.15, 0.2) is 17.0 Å². The quantitative estimate of drug-likeness (QED) is 0.859. The Balaban J connectivity index is 1.95. The first-order valence-corrected chi connectivity index (χ1v) is 5.84. The maximum Gasteiger partial charge on any atom is 0.143 e. The van der Waals surface area contributed by atoms with Crippen LogP contribution >= 0.6 is 27.5 Å². The Morgan fingerprint density at radius 3 is 2.93 bits per heavy atom. The van der Waals surface area contributed by atoms with Gasteiger partial charge in [-0.1, -0.05) is 0 Å². The lowest BCUT2D eigenvalue weighted by molar-refractivity contribution is 0.617. The van der Waals surface area contributed by atoms with Gasteiger partial charge in [-0.15, -0.1) is 11.6 Å². The van der Waals surface area contributed by atoms with Gasteiger partial charge in [0.1, 0.15) is 12.1 Å². The molecule has 2 rings (SSSR count). The summed E-state index contributed by atoms with van der Waals surface area (Å²) in [5.41, 5.74) is 0.311. The summed E-state index contributed by atoms with van der Waals surface area (Å²) in [5.74, 6) is 1.57. The van der Waals surface area contributed by atoms with Gasteiger partial charge in [0.2, 0.25) is 0 Å². The van der Waals surface area contributed by atoms with E-state index in [1.165, 1.54) is 19.2 Å². The lowest BCUT2D eigenvalue weighted by Crippen LogP contribution is -2.17. The largest absolute Gasteiger partial charge is 0.368 e. The van der Waals surface area contributed by atoms with Crippen LogP contribution in [-0.2, 0) is 0 Å². The number of hydrogen-bond acceptors (Lipinski definition) is 3. The van der Waals surface area contributed by atoms with E-state index in [-0.39, 0.29) is 0 Å². The second-order valence-corrected chi connectivity index (χ2v) is 4.83. The van der Waals surface area contributed by atoms with E-state index >= 15 is 0 Å². The van der Waals surface area contributed by atoms with Gasteiger partial charge in [-0.2, -0.15) is 0 Å². The molecule has 1 aliphatic carbocycles. The molecular weight excluding hydrogens is 265 g/mol. The van der Waals surface area contributed by atoms with E-state index in [1.807, 2.05) is 0 Å². The Hall–Kier alpha value is -0.350. The molecule has 76 valence electrons. The molecule has 1 saturated carbocycles. The molecule has 0 amide bonds. The highest BCUT2D eigenvalue weighted by Gasteiger charge is 2.41. The maximum atomic E-state index is 5.88. The van der Waals surface area contributed by atoms with Crippen LogP contribution in [0.2, 0.25) is 0 Å². The Labute approximate surface area is 96.4 Å². The second kappa shape index (κ2) is 4.03. The zero-order valence-corrected chi connectivity index (χ0v) is 9.98. The van der Waals surface area contributed by atoms with Crippen molar-refractivity contribution in [3.8, 4) is 0 Å². The van der Waals surface area contributed by atoms with E-state index in [0.717, 1.165) is 22.7 Å². The fourth-order valence-corrected chi connectivity index (χ4v) is 1.97. The molecule has 0 unspecified atom stereocenters. The zero-order chi connectivity index (χ0) is 10.0. The molecule has 0 saturated heterocycles. The predicted molar refractivity (Wildman–Crippen MR) is 60.6 cm³/mol. The zero-order valence-electron chi connectivity index (χ0n) is 7.63. The normalized spacial score (nSPS) is 17.9. The van der Waals surface area contributed by atoms with Gasteiger partial charge in [-0.05, 0) is 28.8 Å². The first-order chi connectivity index (χ1) is 6.76. The summed E-state index contributed by atoms with van der Waals surface area (Å²) >= 11 is 9.26. The number of alkyl halides is 1. The van der Waals surface area contributed by atoms with Crippen molar-refractivity contribution in [1.29, 1.82) is 0 Å². The van der Waals surface area contributed by atoms with Crippen LogP contribution < -0.4 is 5.32 Å². The fraction of sp³-hybridized carbons (Fsp3) is 0.556. The van der Waals surface area contributed by atoms with Crippen LogP contribution in [0.4, 0.5) is 5.82 Å². The molecule has 0 aromatic carbocycles. The maximum absolute atomic E-state index is 5.88. The van der Waals surface area contributed by atoms with Crippen LogP contribution in [0.3, 0.4) is 0 Å². The van der Waals surface area contributed by atoms with Crippen molar-refractivity contribution in [1.82, 2.24) is 9.97 Å². The van der Waals surface area contributed by atoms with Crippen molar-refractivity contribution in [2.24, 2.45) is 5.41 Å². The summed E-state index contributed by atoms with van der Waals surface area (Å²) in [5, 5.41) is 3.28. The van der Waals surface area contributed by atoms with Gasteiger partial charge in [0.15, 0.2) is 0 Å². The van der Waals surface area contributed by atoms with Gasteiger partial charge in [0.05, 0.1) is 4.47 Å². The molecule has 1 fully saturated rings. The lowest BCUT2D eigenvalue weighted by atomic mass is 10.1. The molecule has 5 heteroatoms. The molecule has 14 heavy (non-hydrogen) atoms. The molecule has 0 bridgehead atoms. The van der Waals surface area contributed by atoms with E-state index in [9.17, 15) is 0 Å². The van der Waals surface area contributed by atoms with Gasteiger partial charge >= 0.3 is 0 Å². The summed E-state index contributed by atoms with van der Waals surface area (Å²) in [7, 11) is 0. The molecule has 1 aliphatic rings. The van der Waals surface area contributed by atoms with Crippen molar-refractivity contribution in [3.05, 3.63) is 17.0 Å². The van der Waals surface area contributed by atoms with Crippen LogP contribution in [0.25, 0.3) is 0 Å². The molecule has 1 heterocycles. The Bertz CT molecular complexity index is 328. The summed E-state index contributed by atoms with van der Waals surface area (Å²) in [6.45, 7) is 0.895. The van der Waals surface area contributed by atoms with Crippen molar-refractivity contribution in [3.63, 3.8) is 0 Å². The Morgan fingerprint density at radius 2 is 2.36 bits per heavy atom. The minimum atomic E-state index is 0.311. The minimum absolute atomic E-state index is 0.311. The van der Waals surface area contributed by atoms with Gasteiger partial charge in [-0.25, -0.2) is 9.97 Å². The van der Waals surface area contributed by atoms with Gasteiger partial charge in [0.25, 0.3) is 0 Å². The number of anilines is 1. The SMILES string of the molecule is ClCC1(CNc2ncncc2Br)CC1. The highest BCUT2D eigenvalue weighted by Crippen LogP contribution is 2.46. The summed E-state index contributed by atoms with van der Waals surface area (Å²) in [6.07, 6.45) is 5.70. The molecule has 0 spiro atoms. The van der Waals surface area contributed by atoms with Gasteiger partial charge < -0.3 is 5.32 Å². The third kappa shape index (κ3) is 2.17. The summed E-state index contributed by atoms with van der Waals surface area (Å²) in [6, 6.07) is 0. The summed E-state index contributed by atoms with van der Waals surface area (Å²) in [4.78, 5) is 8.03. The molecule has 3 nitrogen and oxygen atoms in total. The van der Waals surface area contributed by atoms with Crippen LogP contribution in [0.1, 0.15) is 12.8 Å². The lowest BCUT2D eigenvalue weighted by Gasteiger charge is -2.13. The number of nitrogens with one attached hydrogen (secondary N) is 1. The first kappa shape index (κ1) is 10.2. The van der Waals surface area contributed by atoms with Crippen LogP contribution in [0.5, 0.6) is 0 Å². The highest BCUT2D eigenvalue weighted by atomic mass is 79.9. The van der Waals surface area contributed by atoms with E-state index in [4.69, 9.17) is 11.6 Å². The highest BCUT2D eigenvalue weighted by molar-refractivity contribution is 9.10. The van der Waals surface area contributed by atoms with E-state index in [2.05, 4.69) is 31.2 Å². The number of hydrogen-bond donors (Lipinski definition) is 1. The molecular formula is C9H11BrClN3. The summed E-state index contributed by atoms with van der Waals surface area (Å²) < 4.78 is 0.894. The van der Waals surface area contributed by atoms with E-state index < -0.39 is 0 Å². The molecule has 0 aliphatic heterocycles. The molecule has 0 atom stereocenters. The third-order valence-corrected chi connectivity index (χ3v) is 3.69. The van der Waals surface area contributed by atoms with Crippen molar-refractivity contribution in [2.75, 3.05) is 17.7 Å². The first-order valence-electron chi connectivity index (χ1n) is 4.51. The number of nitrogens with zero attached hydrogens (tertiary/aromatic N) is 2. The number of rotatable bonds is 4. The van der Waals surface area contributed by atoms with Crippen molar-refractivity contribution in [2.45, 2.75) is 12.8 Å². The monoisotopic (exact) mass is 275 g/mol. The average Bonchev–Trinajstić information content (AvgIpc) is 2.98. The number of halogens is 2. The minimum Gasteiger partial charge on any atom is -0.368 e. The molecule has 1 aromatic heterocycles. The van der Waals surface area contributed by atoms with E-state index in [1.54, 1.807) is 6.20 Å². The Kier molecular flexibility index (Phi) is 2.93. The van der Waals surface area contributed by atoms with Crippen LogP contribution in [-0.4, -0.2) is 22.4 Å². The molecule has 1 aromatic rings. The average molecular weight is 277 g/mol. The smallest absolute Gasteiger partial charge is 0.143 e. The Morgan fingerprint density at radius 1 is 1.57 bits per heavy atom. The predicted octanol–water partition coefficient (Wildman–Crippen LogP) is 2.67. The van der Waals surface area contributed by atoms with Crippen molar-refractivity contribution >= 4 is 33.3 Å². The van der Waals surface area contributed by atoms with Gasteiger partial charge in [0, 0.05) is 24.0 Å².